The van der Waals surface area contributed by atoms with Gasteiger partial charge in [-0.05, 0) is 61.5 Å². The lowest BCUT2D eigenvalue weighted by Crippen LogP contribution is -2.46. The maximum atomic E-state index is 12.9. The second kappa shape index (κ2) is 9.91. The fourth-order valence-electron chi connectivity index (χ4n) is 4.44. The van der Waals surface area contributed by atoms with E-state index in [0.29, 0.717) is 30.1 Å². The summed E-state index contributed by atoms with van der Waals surface area (Å²) in [5.74, 6) is -0.198. The number of carbonyl (C=O) groups excluding carboxylic acids is 1. The number of benzene rings is 1. The Bertz CT molecular complexity index is 1020. The molecule has 7 nitrogen and oxygen atoms in total. The average molecular weight is 477 g/mol. The SMILES string of the molecule is CCN1CCN(c2ccc(NC(=O)C3CCN(S(=O)(=O)c4cccs4)CC3)c(C)c2)CC1. The first kappa shape index (κ1) is 23.2. The number of sulfonamides is 1. The largest absolute Gasteiger partial charge is 0.369 e. The third kappa shape index (κ3) is 5.01. The summed E-state index contributed by atoms with van der Waals surface area (Å²) in [5, 5.41) is 4.85. The molecule has 32 heavy (non-hydrogen) atoms. The van der Waals surface area contributed by atoms with Crippen LogP contribution in [0.25, 0.3) is 0 Å². The zero-order chi connectivity index (χ0) is 22.7. The van der Waals surface area contributed by atoms with Gasteiger partial charge in [-0.25, -0.2) is 8.42 Å². The molecule has 0 atom stereocenters. The number of nitrogens with one attached hydrogen (secondary N) is 1. The number of carbonyl (C=O) groups is 1. The van der Waals surface area contributed by atoms with Gasteiger partial charge in [0.2, 0.25) is 5.91 Å². The number of piperazine rings is 1. The highest BCUT2D eigenvalue weighted by Crippen LogP contribution is 2.28. The second-order valence-electron chi connectivity index (χ2n) is 8.52. The molecule has 3 heterocycles. The van der Waals surface area contributed by atoms with Gasteiger partial charge >= 0.3 is 0 Å². The van der Waals surface area contributed by atoms with Crippen LogP contribution in [0.4, 0.5) is 11.4 Å². The first-order valence-corrected chi connectivity index (χ1v) is 13.6. The van der Waals surface area contributed by atoms with E-state index in [-0.39, 0.29) is 11.8 Å². The molecule has 0 unspecified atom stereocenters. The van der Waals surface area contributed by atoms with Crippen molar-refractivity contribution in [2.24, 2.45) is 5.92 Å². The van der Waals surface area contributed by atoms with E-state index in [1.54, 1.807) is 17.5 Å². The van der Waals surface area contributed by atoms with Crippen molar-refractivity contribution >= 4 is 38.6 Å². The third-order valence-corrected chi connectivity index (χ3v) is 9.84. The molecule has 1 amide bonds. The van der Waals surface area contributed by atoms with Crippen molar-refractivity contribution in [1.82, 2.24) is 9.21 Å². The zero-order valence-corrected chi connectivity index (χ0v) is 20.4. The Labute approximate surface area is 195 Å². The van der Waals surface area contributed by atoms with Crippen LogP contribution in [0.1, 0.15) is 25.3 Å². The van der Waals surface area contributed by atoms with Gasteiger partial charge in [-0.15, -0.1) is 11.3 Å². The smallest absolute Gasteiger partial charge is 0.252 e. The molecule has 0 aliphatic carbocycles. The highest BCUT2D eigenvalue weighted by Gasteiger charge is 2.32. The maximum absolute atomic E-state index is 12.9. The Morgan fingerprint density at radius 2 is 1.81 bits per heavy atom. The number of rotatable bonds is 6. The molecule has 4 rings (SSSR count). The minimum atomic E-state index is -3.44. The van der Waals surface area contributed by atoms with Gasteiger partial charge < -0.3 is 15.1 Å². The molecule has 0 spiro atoms. The van der Waals surface area contributed by atoms with Crippen molar-refractivity contribution in [1.29, 1.82) is 0 Å². The van der Waals surface area contributed by atoms with E-state index in [4.69, 9.17) is 0 Å². The van der Waals surface area contributed by atoms with Crippen molar-refractivity contribution in [2.45, 2.75) is 30.9 Å². The van der Waals surface area contributed by atoms with Gasteiger partial charge in [-0.3, -0.25) is 4.79 Å². The van der Waals surface area contributed by atoms with E-state index < -0.39 is 10.0 Å². The highest BCUT2D eigenvalue weighted by atomic mass is 32.2. The number of likely N-dealkylation sites (N-methyl/N-ethyl adjacent to an activating group) is 1. The first-order valence-electron chi connectivity index (χ1n) is 11.3. The maximum Gasteiger partial charge on any atom is 0.252 e. The number of piperidine rings is 1. The van der Waals surface area contributed by atoms with Crippen LogP contribution in [0.3, 0.4) is 0 Å². The lowest BCUT2D eigenvalue weighted by atomic mass is 9.97. The average Bonchev–Trinajstić information content (AvgIpc) is 3.36. The summed E-state index contributed by atoms with van der Waals surface area (Å²) in [4.78, 5) is 17.7. The van der Waals surface area contributed by atoms with E-state index in [9.17, 15) is 13.2 Å². The molecule has 2 aliphatic rings. The molecule has 1 aromatic heterocycles. The molecular weight excluding hydrogens is 444 g/mol. The predicted molar refractivity (Wildman–Crippen MR) is 130 cm³/mol. The van der Waals surface area contributed by atoms with Crippen LogP contribution < -0.4 is 10.2 Å². The van der Waals surface area contributed by atoms with E-state index in [1.807, 2.05) is 13.0 Å². The van der Waals surface area contributed by atoms with Crippen LogP contribution in [0.15, 0.2) is 39.9 Å². The monoisotopic (exact) mass is 476 g/mol. The van der Waals surface area contributed by atoms with Gasteiger partial charge in [0.05, 0.1) is 0 Å². The number of nitrogens with zero attached hydrogens (tertiary/aromatic N) is 3. The molecule has 0 radical (unpaired) electrons. The molecule has 9 heteroatoms. The topological polar surface area (TPSA) is 73.0 Å². The summed E-state index contributed by atoms with van der Waals surface area (Å²) in [6.45, 7) is 10.3. The molecule has 0 saturated carbocycles. The molecule has 2 fully saturated rings. The van der Waals surface area contributed by atoms with Gasteiger partial charge in [-0.2, -0.15) is 4.31 Å². The molecular formula is C23H32N4O3S2. The number of hydrogen-bond acceptors (Lipinski definition) is 6. The van der Waals surface area contributed by atoms with Crippen molar-refractivity contribution in [3.63, 3.8) is 0 Å². The van der Waals surface area contributed by atoms with Crippen molar-refractivity contribution in [3.8, 4) is 0 Å². The van der Waals surface area contributed by atoms with E-state index in [0.717, 1.165) is 44.0 Å². The van der Waals surface area contributed by atoms with Gasteiger partial charge in [0.15, 0.2) is 0 Å². The van der Waals surface area contributed by atoms with Crippen molar-refractivity contribution in [3.05, 3.63) is 41.3 Å². The van der Waals surface area contributed by atoms with Gasteiger partial charge in [-0.1, -0.05) is 13.0 Å². The molecule has 2 saturated heterocycles. The van der Waals surface area contributed by atoms with Gasteiger partial charge in [0.1, 0.15) is 4.21 Å². The first-order chi connectivity index (χ1) is 15.4. The quantitative estimate of drug-likeness (QED) is 0.693. The van der Waals surface area contributed by atoms with Crippen LogP contribution in [-0.2, 0) is 14.8 Å². The number of thiophene rings is 1. The lowest BCUT2D eigenvalue weighted by molar-refractivity contribution is -0.120. The normalized spacial score (nSPS) is 19.2. The van der Waals surface area contributed by atoms with Crippen molar-refractivity contribution in [2.75, 3.05) is 56.0 Å². The van der Waals surface area contributed by atoms with Crippen LogP contribution in [0.5, 0.6) is 0 Å². The number of amides is 1. The number of aryl methyl sites for hydroxylation is 1. The van der Waals surface area contributed by atoms with Gasteiger partial charge in [0, 0.05) is 56.6 Å². The standard InChI is InChI=1S/C23H32N4O3S2/c1-3-25-12-14-26(15-13-25)20-6-7-21(18(2)17-20)24-23(28)19-8-10-27(11-9-19)32(29,30)22-5-4-16-31-22/h4-7,16-17,19H,3,8-15H2,1-2H3,(H,24,28). The summed E-state index contributed by atoms with van der Waals surface area (Å²) in [6, 6.07) is 9.60. The Morgan fingerprint density at radius 1 is 1.09 bits per heavy atom. The summed E-state index contributed by atoms with van der Waals surface area (Å²) in [5.41, 5.74) is 3.08. The molecule has 2 aromatic rings. The predicted octanol–water partition coefficient (Wildman–Crippen LogP) is 3.24. The van der Waals surface area contributed by atoms with Crippen molar-refractivity contribution < 1.29 is 13.2 Å². The summed E-state index contributed by atoms with van der Waals surface area (Å²) in [7, 11) is -3.44. The molecule has 2 aliphatic heterocycles. The molecule has 174 valence electrons. The lowest BCUT2D eigenvalue weighted by Gasteiger charge is -2.35. The van der Waals surface area contributed by atoms with Crippen LogP contribution in [-0.4, -0.2) is 69.3 Å². The highest BCUT2D eigenvalue weighted by molar-refractivity contribution is 7.91. The van der Waals surface area contributed by atoms with Gasteiger partial charge in [0.25, 0.3) is 10.0 Å². The van der Waals surface area contributed by atoms with Crippen LogP contribution in [0.2, 0.25) is 0 Å². The van der Waals surface area contributed by atoms with E-state index in [2.05, 4.69) is 34.2 Å². The Hall–Kier alpha value is -1.94. The minimum Gasteiger partial charge on any atom is -0.369 e. The molecule has 1 aromatic carbocycles. The van der Waals surface area contributed by atoms with E-state index in [1.165, 1.54) is 21.3 Å². The molecule has 1 N–H and O–H groups in total. The minimum absolute atomic E-state index is 0.0226. The molecule has 0 bridgehead atoms. The zero-order valence-electron chi connectivity index (χ0n) is 18.8. The summed E-state index contributed by atoms with van der Waals surface area (Å²) < 4.78 is 27.2. The summed E-state index contributed by atoms with van der Waals surface area (Å²) in [6.07, 6.45) is 1.07. The number of anilines is 2. The van der Waals surface area contributed by atoms with E-state index >= 15 is 0 Å². The van der Waals surface area contributed by atoms with Crippen LogP contribution in [0, 0.1) is 12.8 Å². The third-order valence-electron chi connectivity index (χ3n) is 6.57. The van der Waals surface area contributed by atoms with Crippen LogP contribution >= 0.6 is 11.3 Å². The number of hydrogen-bond donors (Lipinski definition) is 1. The Morgan fingerprint density at radius 3 is 2.41 bits per heavy atom. The second-order valence-corrected chi connectivity index (χ2v) is 11.6. The fourth-order valence-corrected chi connectivity index (χ4v) is 7.05. The Balaban J connectivity index is 1.33. The Kier molecular flexibility index (Phi) is 7.19. The summed E-state index contributed by atoms with van der Waals surface area (Å²) >= 11 is 1.23. The fraction of sp³-hybridized carbons (Fsp3) is 0.522.